The summed E-state index contributed by atoms with van der Waals surface area (Å²) in [4.78, 5) is 11.4. The van der Waals surface area contributed by atoms with Crippen LogP contribution in [0.1, 0.15) is 49.7 Å². The molecule has 0 saturated carbocycles. The average molecular weight is 221 g/mol. The molecule has 3 heteroatoms. The van der Waals surface area contributed by atoms with Crippen molar-refractivity contribution in [2.24, 2.45) is 0 Å². The highest BCUT2D eigenvalue weighted by Crippen LogP contribution is 2.31. The Morgan fingerprint density at radius 1 is 1.38 bits per heavy atom. The fraction of sp³-hybridized carbons (Fsp3) is 0.462. The van der Waals surface area contributed by atoms with Crippen molar-refractivity contribution in [3.05, 3.63) is 29.3 Å². The van der Waals surface area contributed by atoms with E-state index in [9.17, 15) is 4.79 Å². The van der Waals surface area contributed by atoms with Crippen LogP contribution < -0.4 is 5.32 Å². The van der Waals surface area contributed by atoms with Crippen molar-refractivity contribution in [2.75, 3.05) is 11.9 Å². The van der Waals surface area contributed by atoms with E-state index in [0.29, 0.717) is 5.56 Å². The first-order valence-electron chi connectivity index (χ1n) is 5.81. The van der Waals surface area contributed by atoms with Crippen LogP contribution in [0.2, 0.25) is 0 Å². The van der Waals surface area contributed by atoms with E-state index in [1.54, 1.807) is 0 Å². The molecule has 1 N–H and O–H groups in total. The van der Waals surface area contributed by atoms with E-state index in [0.717, 1.165) is 17.8 Å². The molecule has 0 radical (unpaired) electrons. The van der Waals surface area contributed by atoms with E-state index in [4.69, 9.17) is 4.74 Å². The van der Waals surface area contributed by atoms with Gasteiger partial charge in [-0.3, -0.25) is 0 Å². The van der Waals surface area contributed by atoms with Crippen molar-refractivity contribution in [1.29, 1.82) is 0 Å². The summed E-state index contributed by atoms with van der Waals surface area (Å²) in [5.74, 6) is -0.216. The molecule has 1 atom stereocenters. The van der Waals surface area contributed by atoms with Gasteiger partial charge in [0.15, 0.2) is 0 Å². The maximum atomic E-state index is 11.4. The summed E-state index contributed by atoms with van der Waals surface area (Å²) in [7, 11) is 0. The number of esters is 1. The SMILES string of the molecule is CC.CCNc1ccc2c(c1)C(=O)OC2C. The summed E-state index contributed by atoms with van der Waals surface area (Å²) in [5.41, 5.74) is 2.64. The molecule has 0 amide bonds. The Morgan fingerprint density at radius 2 is 2.06 bits per heavy atom. The molecule has 0 saturated heterocycles. The lowest BCUT2D eigenvalue weighted by molar-refractivity contribution is 0.0422. The van der Waals surface area contributed by atoms with Gasteiger partial charge in [0.2, 0.25) is 0 Å². The molecule has 16 heavy (non-hydrogen) atoms. The summed E-state index contributed by atoms with van der Waals surface area (Å²) in [6, 6.07) is 5.77. The molecule has 0 fully saturated rings. The molecule has 3 nitrogen and oxygen atoms in total. The van der Waals surface area contributed by atoms with Gasteiger partial charge in [-0.1, -0.05) is 19.9 Å². The number of carbonyl (C=O) groups is 1. The standard InChI is InChI=1S/C11H13NO2.C2H6/c1-3-12-8-4-5-9-7(2)14-11(13)10(9)6-8;1-2/h4-7,12H,3H2,1-2H3;1-2H3. The second-order valence-corrected chi connectivity index (χ2v) is 3.38. The minimum Gasteiger partial charge on any atom is -0.454 e. The number of hydrogen-bond acceptors (Lipinski definition) is 3. The number of anilines is 1. The van der Waals surface area contributed by atoms with Gasteiger partial charge in [-0.25, -0.2) is 4.79 Å². The highest BCUT2D eigenvalue weighted by molar-refractivity contribution is 5.95. The second-order valence-electron chi connectivity index (χ2n) is 3.38. The minimum absolute atomic E-state index is 0.104. The predicted molar refractivity (Wildman–Crippen MR) is 65.8 cm³/mol. The number of fused-ring (bicyclic) bond motifs is 1. The number of carbonyl (C=O) groups excluding carboxylic acids is 1. The molecule has 1 unspecified atom stereocenters. The topological polar surface area (TPSA) is 38.3 Å². The van der Waals surface area contributed by atoms with Crippen LogP contribution in [0.4, 0.5) is 5.69 Å². The maximum absolute atomic E-state index is 11.4. The van der Waals surface area contributed by atoms with Gasteiger partial charge in [0.05, 0.1) is 5.56 Å². The molecule has 88 valence electrons. The third-order valence-corrected chi connectivity index (χ3v) is 2.38. The first-order chi connectivity index (χ1) is 7.72. The monoisotopic (exact) mass is 221 g/mol. The predicted octanol–water partition coefficient (Wildman–Crippen LogP) is 3.38. The summed E-state index contributed by atoms with van der Waals surface area (Å²) in [6.45, 7) is 8.76. The fourth-order valence-electron chi connectivity index (χ4n) is 1.69. The van der Waals surface area contributed by atoms with Gasteiger partial charge in [0.1, 0.15) is 6.10 Å². The molecule has 0 bridgehead atoms. The van der Waals surface area contributed by atoms with Crippen LogP contribution >= 0.6 is 0 Å². The smallest absolute Gasteiger partial charge is 0.339 e. The van der Waals surface area contributed by atoms with Crippen molar-refractivity contribution in [3.63, 3.8) is 0 Å². The van der Waals surface area contributed by atoms with Crippen LogP contribution in [0.25, 0.3) is 0 Å². The van der Waals surface area contributed by atoms with E-state index in [1.165, 1.54) is 0 Å². The molecule has 1 aromatic rings. The van der Waals surface area contributed by atoms with Crippen LogP contribution in [0, 0.1) is 0 Å². The quantitative estimate of drug-likeness (QED) is 0.778. The largest absolute Gasteiger partial charge is 0.454 e. The molecular weight excluding hydrogens is 202 g/mol. The molecule has 1 aliphatic heterocycles. The van der Waals surface area contributed by atoms with Crippen LogP contribution in [-0.2, 0) is 4.74 Å². The lowest BCUT2D eigenvalue weighted by atomic mass is 10.1. The number of cyclic esters (lactones) is 1. The van der Waals surface area contributed by atoms with Crippen molar-refractivity contribution in [1.82, 2.24) is 0 Å². The van der Waals surface area contributed by atoms with Crippen LogP contribution in [0.15, 0.2) is 18.2 Å². The summed E-state index contributed by atoms with van der Waals surface area (Å²) in [6.07, 6.45) is -0.104. The first kappa shape index (κ1) is 12.6. The third kappa shape index (κ3) is 2.35. The Labute approximate surface area is 96.8 Å². The zero-order valence-corrected chi connectivity index (χ0v) is 10.3. The van der Waals surface area contributed by atoms with Crippen molar-refractivity contribution in [2.45, 2.75) is 33.8 Å². The zero-order chi connectivity index (χ0) is 12.1. The third-order valence-electron chi connectivity index (χ3n) is 2.38. The van der Waals surface area contributed by atoms with E-state index in [1.807, 2.05) is 45.9 Å². The van der Waals surface area contributed by atoms with Gasteiger partial charge in [0.25, 0.3) is 0 Å². The van der Waals surface area contributed by atoms with Gasteiger partial charge in [-0.05, 0) is 26.0 Å². The lowest BCUT2D eigenvalue weighted by Gasteiger charge is -2.04. The number of hydrogen-bond donors (Lipinski definition) is 1. The Kier molecular flexibility index (Phi) is 4.35. The molecule has 1 heterocycles. The Bertz CT molecular complexity index is 374. The van der Waals surface area contributed by atoms with E-state index < -0.39 is 0 Å². The maximum Gasteiger partial charge on any atom is 0.339 e. The van der Waals surface area contributed by atoms with Crippen molar-refractivity contribution in [3.8, 4) is 0 Å². The Hall–Kier alpha value is -1.51. The van der Waals surface area contributed by atoms with Gasteiger partial charge < -0.3 is 10.1 Å². The highest BCUT2D eigenvalue weighted by atomic mass is 16.5. The molecule has 0 spiro atoms. The number of ether oxygens (including phenoxy) is 1. The van der Waals surface area contributed by atoms with E-state index in [-0.39, 0.29) is 12.1 Å². The molecule has 1 aromatic carbocycles. The first-order valence-corrected chi connectivity index (χ1v) is 5.81. The van der Waals surface area contributed by atoms with Gasteiger partial charge in [-0.15, -0.1) is 0 Å². The Balaban J connectivity index is 0.000000606. The summed E-state index contributed by atoms with van der Waals surface area (Å²) < 4.78 is 5.10. The van der Waals surface area contributed by atoms with Crippen molar-refractivity contribution >= 4 is 11.7 Å². The Morgan fingerprint density at radius 3 is 2.69 bits per heavy atom. The molecule has 0 aliphatic carbocycles. The normalized spacial score (nSPS) is 17.0. The number of rotatable bonds is 2. The van der Waals surface area contributed by atoms with Gasteiger partial charge in [0, 0.05) is 17.8 Å². The molecule has 0 aromatic heterocycles. The highest BCUT2D eigenvalue weighted by Gasteiger charge is 2.27. The zero-order valence-electron chi connectivity index (χ0n) is 10.3. The lowest BCUT2D eigenvalue weighted by Crippen LogP contribution is -1.99. The minimum atomic E-state index is -0.216. The fourth-order valence-corrected chi connectivity index (χ4v) is 1.69. The van der Waals surface area contributed by atoms with Gasteiger partial charge in [-0.2, -0.15) is 0 Å². The van der Waals surface area contributed by atoms with Crippen LogP contribution in [0.5, 0.6) is 0 Å². The van der Waals surface area contributed by atoms with Crippen molar-refractivity contribution < 1.29 is 9.53 Å². The van der Waals surface area contributed by atoms with Crippen LogP contribution in [-0.4, -0.2) is 12.5 Å². The molecule has 1 aliphatic rings. The van der Waals surface area contributed by atoms with E-state index >= 15 is 0 Å². The second kappa shape index (κ2) is 5.54. The summed E-state index contributed by atoms with van der Waals surface area (Å²) >= 11 is 0. The van der Waals surface area contributed by atoms with Crippen LogP contribution in [0.3, 0.4) is 0 Å². The molecular formula is C13H19NO2. The van der Waals surface area contributed by atoms with Gasteiger partial charge >= 0.3 is 5.97 Å². The number of benzene rings is 1. The molecule has 2 rings (SSSR count). The van der Waals surface area contributed by atoms with E-state index in [2.05, 4.69) is 5.32 Å². The average Bonchev–Trinajstić information content (AvgIpc) is 2.58. The summed E-state index contributed by atoms with van der Waals surface area (Å²) in [5, 5.41) is 3.16. The number of nitrogens with one attached hydrogen (secondary N) is 1.